The van der Waals surface area contributed by atoms with E-state index in [1.807, 2.05) is 0 Å². The highest BCUT2D eigenvalue weighted by atomic mass is 35.5. The van der Waals surface area contributed by atoms with Crippen LogP contribution in [0.5, 0.6) is 0 Å². The molecule has 1 aromatic rings. The fourth-order valence-corrected chi connectivity index (χ4v) is 2.81. The Kier molecular flexibility index (Phi) is 4.22. The van der Waals surface area contributed by atoms with Crippen molar-refractivity contribution in [2.45, 2.75) is 4.90 Å². The van der Waals surface area contributed by atoms with Crippen LogP contribution >= 0.6 is 23.2 Å². The maximum atomic E-state index is 12.0. The number of nitrogen functional groups attached to an aromatic ring is 1. The van der Waals surface area contributed by atoms with E-state index in [1.165, 1.54) is 19.2 Å². The predicted octanol–water partition coefficient (Wildman–Crippen LogP) is 1.72. The Balaban J connectivity index is 3.31. The minimum Gasteiger partial charge on any atom is -0.396 e. The van der Waals surface area contributed by atoms with Crippen molar-refractivity contribution in [2.24, 2.45) is 0 Å². The Bertz CT molecular complexity index is 557. The lowest BCUT2D eigenvalue weighted by molar-refractivity contribution is 0.501. The number of benzene rings is 1. The fraction of sp³-hybridized carbons (Fsp3) is 0.222. The lowest BCUT2D eigenvalue weighted by atomic mass is 10.3. The number of hydrogen-bond donors (Lipinski definition) is 1. The third-order valence-electron chi connectivity index (χ3n) is 2.05. The van der Waals surface area contributed by atoms with Crippen LogP contribution in [-0.4, -0.2) is 26.3 Å². The largest absolute Gasteiger partial charge is 0.396 e. The first-order valence-corrected chi connectivity index (χ1v) is 6.58. The summed E-state index contributed by atoms with van der Waals surface area (Å²) in [6.45, 7) is -0.262. The second kappa shape index (κ2) is 5.10. The molecule has 0 amide bonds. The molecule has 0 aliphatic rings. The average molecular weight is 294 g/mol. The Hall–Kier alpha value is -1.00. The van der Waals surface area contributed by atoms with Crippen molar-refractivity contribution in [2.75, 3.05) is 19.3 Å². The number of halogens is 2. The zero-order chi connectivity index (χ0) is 13.2. The highest BCUT2D eigenvalue weighted by molar-refractivity contribution is 7.89. The molecule has 0 unspecified atom stereocenters. The number of sulfonamides is 1. The molecule has 0 fully saturated rings. The normalized spacial score (nSPS) is 11.5. The fourth-order valence-electron chi connectivity index (χ4n) is 1.07. The molecule has 1 aromatic carbocycles. The number of hydrogen-bond acceptors (Lipinski definition) is 4. The molecule has 2 N–H and O–H groups in total. The van der Waals surface area contributed by atoms with Crippen LogP contribution < -0.4 is 5.73 Å². The van der Waals surface area contributed by atoms with E-state index in [9.17, 15) is 8.42 Å². The third kappa shape index (κ3) is 2.82. The summed E-state index contributed by atoms with van der Waals surface area (Å²) in [5.74, 6) is 0. The van der Waals surface area contributed by atoms with Gasteiger partial charge in [0.15, 0.2) is 0 Å². The first-order chi connectivity index (χ1) is 7.80. The van der Waals surface area contributed by atoms with Gasteiger partial charge >= 0.3 is 0 Å². The van der Waals surface area contributed by atoms with Crippen molar-refractivity contribution in [1.82, 2.24) is 4.31 Å². The molecule has 5 nitrogen and oxygen atoms in total. The highest BCUT2D eigenvalue weighted by Gasteiger charge is 2.22. The highest BCUT2D eigenvalue weighted by Crippen LogP contribution is 2.31. The summed E-state index contributed by atoms with van der Waals surface area (Å²) in [6, 6.07) is 4.14. The van der Waals surface area contributed by atoms with Gasteiger partial charge in [-0.05, 0) is 12.1 Å². The maximum absolute atomic E-state index is 12.0. The number of rotatable bonds is 3. The molecule has 1 rings (SSSR count). The van der Waals surface area contributed by atoms with E-state index in [4.69, 9.17) is 34.2 Å². The number of nitriles is 1. The van der Waals surface area contributed by atoms with Gasteiger partial charge in [0.05, 0.1) is 26.7 Å². The van der Waals surface area contributed by atoms with Crippen LogP contribution in [0.3, 0.4) is 0 Å². The van der Waals surface area contributed by atoms with Crippen LogP contribution in [0.2, 0.25) is 10.0 Å². The van der Waals surface area contributed by atoms with Crippen molar-refractivity contribution in [1.29, 1.82) is 5.26 Å². The summed E-state index contributed by atoms with van der Waals surface area (Å²) in [6.07, 6.45) is 0. The minimum atomic E-state index is -3.78. The van der Waals surface area contributed by atoms with Gasteiger partial charge in [-0.2, -0.15) is 9.57 Å². The number of nitrogens with zero attached hydrogens (tertiary/aromatic N) is 2. The van der Waals surface area contributed by atoms with Crippen LogP contribution in [0, 0.1) is 11.3 Å². The van der Waals surface area contributed by atoms with E-state index in [0.717, 1.165) is 4.31 Å². The molecular formula is C9H9Cl2N3O2S. The number of anilines is 1. The topological polar surface area (TPSA) is 87.2 Å². The predicted molar refractivity (Wildman–Crippen MR) is 66.3 cm³/mol. The van der Waals surface area contributed by atoms with Crippen LogP contribution in [0.1, 0.15) is 0 Å². The molecule has 0 aliphatic carbocycles. The van der Waals surface area contributed by atoms with E-state index in [0.29, 0.717) is 0 Å². The molecule has 0 aromatic heterocycles. The molecule has 0 radical (unpaired) electrons. The van der Waals surface area contributed by atoms with Gasteiger partial charge in [0, 0.05) is 7.05 Å². The summed E-state index contributed by atoms with van der Waals surface area (Å²) in [5.41, 5.74) is 5.62. The summed E-state index contributed by atoms with van der Waals surface area (Å²) in [4.78, 5) is -0.0977. The van der Waals surface area contributed by atoms with Crippen molar-refractivity contribution >= 4 is 38.9 Å². The van der Waals surface area contributed by atoms with Crippen molar-refractivity contribution < 1.29 is 8.42 Å². The van der Waals surface area contributed by atoms with E-state index < -0.39 is 10.0 Å². The van der Waals surface area contributed by atoms with Gasteiger partial charge < -0.3 is 5.73 Å². The Morgan fingerprint density at radius 3 is 2.29 bits per heavy atom. The first kappa shape index (κ1) is 14.1. The van der Waals surface area contributed by atoms with Gasteiger partial charge in [-0.3, -0.25) is 0 Å². The van der Waals surface area contributed by atoms with Crippen molar-refractivity contribution in [3.63, 3.8) is 0 Å². The van der Waals surface area contributed by atoms with Crippen LogP contribution in [-0.2, 0) is 10.0 Å². The van der Waals surface area contributed by atoms with Gasteiger partial charge in [-0.25, -0.2) is 8.42 Å². The lowest BCUT2D eigenvalue weighted by Crippen LogP contribution is -2.27. The first-order valence-electron chi connectivity index (χ1n) is 4.38. The monoisotopic (exact) mass is 293 g/mol. The molecule has 92 valence electrons. The molecule has 17 heavy (non-hydrogen) atoms. The smallest absolute Gasteiger partial charge is 0.243 e. The molecular weight excluding hydrogens is 285 g/mol. The SMILES string of the molecule is CN(CC#N)S(=O)(=O)c1cc(Cl)c(N)c(Cl)c1. The van der Waals surface area contributed by atoms with Crippen LogP contribution in [0.4, 0.5) is 5.69 Å². The minimum absolute atomic E-state index is 0.0569. The van der Waals surface area contributed by atoms with E-state index >= 15 is 0 Å². The van der Waals surface area contributed by atoms with E-state index in [1.54, 1.807) is 6.07 Å². The Labute approximate surface area is 109 Å². The molecule has 0 saturated heterocycles. The Morgan fingerprint density at radius 1 is 1.41 bits per heavy atom. The van der Waals surface area contributed by atoms with Crippen molar-refractivity contribution in [3.05, 3.63) is 22.2 Å². The summed E-state index contributed by atoms with van der Waals surface area (Å²) < 4.78 is 24.8. The second-order valence-corrected chi connectivity index (χ2v) is 6.08. The van der Waals surface area contributed by atoms with Crippen molar-refractivity contribution in [3.8, 4) is 6.07 Å². The quantitative estimate of drug-likeness (QED) is 0.679. The summed E-state index contributed by atoms with van der Waals surface area (Å²) in [5, 5.41) is 8.59. The van der Waals surface area contributed by atoms with Gasteiger partial charge in [-0.1, -0.05) is 23.2 Å². The van der Waals surface area contributed by atoms with E-state index in [2.05, 4.69) is 0 Å². The van der Waals surface area contributed by atoms with Crippen LogP contribution in [0.15, 0.2) is 17.0 Å². The average Bonchev–Trinajstić information content (AvgIpc) is 2.25. The molecule has 0 atom stereocenters. The molecule has 0 spiro atoms. The van der Waals surface area contributed by atoms with Gasteiger partial charge in [0.25, 0.3) is 0 Å². The van der Waals surface area contributed by atoms with Gasteiger partial charge in [-0.15, -0.1) is 0 Å². The van der Waals surface area contributed by atoms with Gasteiger partial charge in [0.1, 0.15) is 6.54 Å². The number of nitrogens with two attached hydrogens (primary N) is 1. The summed E-state index contributed by atoms with van der Waals surface area (Å²) in [7, 11) is -2.49. The van der Waals surface area contributed by atoms with Crippen LogP contribution in [0.25, 0.3) is 0 Å². The third-order valence-corrected chi connectivity index (χ3v) is 4.46. The molecule has 0 bridgehead atoms. The molecule has 0 aliphatic heterocycles. The zero-order valence-electron chi connectivity index (χ0n) is 8.81. The van der Waals surface area contributed by atoms with E-state index in [-0.39, 0.29) is 27.2 Å². The maximum Gasteiger partial charge on any atom is 0.243 e. The van der Waals surface area contributed by atoms with Gasteiger partial charge in [0.2, 0.25) is 10.0 Å². The summed E-state index contributed by atoms with van der Waals surface area (Å²) >= 11 is 11.5. The molecule has 0 heterocycles. The Morgan fingerprint density at radius 2 is 1.88 bits per heavy atom. The molecule has 0 saturated carbocycles. The molecule has 8 heteroatoms. The zero-order valence-corrected chi connectivity index (χ0v) is 11.1. The lowest BCUT2D eigenvalue weighted by Gasteiger charge is -2.14. The standard InChI is InChI=1S/C9H9Cl2N3O2S/c1-14(3-2-12)17(15,16)6-4-7(10)9(13)8(11)5-6/h4-5H,3,13H2,1H3. The second-order valence-electron chi connectivity index (χ2n) is 3.22.